The molecular weight excluding hydrogens is 320 g/mol. The second kappa shape index (κ2) is 4.97. The van der Waals surface area contributed by atoms with E-state index in [1.54, 1.807) is 12.1 Å². The molecule has 0 amide bonds. The molecule has 2 unspecified atom stereocenters. The number of ether oxygens (including phenoxy) is 2. The maximum atomic E-state index is 11.7. The summed E-state index contributed by atoms with van der Waals surface area (Å²) in [7, 11) is 0. The summed E-state index contributed by atoms with van der Waals surface area (Å²) in [6, 6.07) is 3.48. The molecule has 25 heavy (non-hydrogen) atoms. The van der Waals surface area contributed by atoms with E-state index in [2.05, 4.69) is 6.92 Å². The van der Waals surface area contributed by atoms with Crippen LogP contribution in [0.1, 0.15) is 55.8 Å². The standard InChI is InChI=1S/C19H22N2O4/c1-18-5-6-19(10-18,11-24-18)21-9-12-7-14(17(22)23)16(8-15(12)20-21)25-13-3-2-4-13/h7-9,13H,2-6,10-11H2,1H3,(H,22,23). The summed E-state index contributed by atoms with van der Waals surface area (Å²) < 4.78 is 13.9. The highest BCUT2D eigenvalue weighted by Gasteiger charge is 2.54. The van der Waals surface area contributed by atoms with Crippen LogP contribution >= 0.6 is 0 Å². The first-order valence-electron chi connectivity index (χ1n) is 9.04. The molecule has 1 N–H and O–H groups in total. The Morgan fingerprint density at radius 3 is 2.80 bits per heavy atom. The Bertz CT molecular complexity index is 860. The van der Waals surface area contributed by atoms with Crippen LogP contribution in [-0.4, -0.2) is 39.2 Å². The Balaban J connectivity index is 1.56. The van der Waals surface area contributed by atoms with Gasteiger partial charge in [-0.05, 0) is 45.1 Å². The third kappa shape index (κ3) is 2.27. The molecule has 132 valence electrons. The summed E-state index contributed by atoms with van der Waals surface area (Å²) in [6.07, 6.45) is 8.28. The van der Waals surface area contributed by atoms with Crippen molar-refractivity contribution >= 4 is 16.9 Å². The van der Waals surface area contributed by atoms with E-state index < -0.39 is 5.97 Å². The van der Waals surface area contributed by atoms with Crippen molar-refractivity contribution < 1.29 is 19.4 Å². The highest BCUT2D eigenvalue weighted by molar-refractivity contribution is 5.96. The number of carbonyl (C=O) groups is 1. The van der Waals surface area contributed by atoms with Gasteiger partial charge in [0, 0.05) is 24.1 Å². The highest BCUT2D eigenvalue weighted by Crippen LogP contribution is 2.51. The number of hydrogen-bond donors (Lipinski definition) is 1. The van der Waals surface area contributed by atoms with Crippen LogP contribution in [0.3, 0.4) is 0 Å². The fourth-order valence-corrected chi connectivity index (χ4v) is 4.41. The van der Waals surface area contributed by atoms with Crippen molar-refractivity contribution in [2.45, 2.75) is 62.7 Å². The van der Waals surface area contributed by atoms with Gasteiger partial charge in [0.15, 0.2) is 0 Å². The smallest absolute Gasteiger partial charge is 0.339 e. The lowest BCUT2D eigenvalue weighted by Crippen LogP contribution is -2.33. The van der Waals surface area contributed by atoms with E-state index in [-0.39, 0.29) is 22.8 Å². The molecule has 2 saturated carbocycles. The third-order valence-electron chi connectivity index (χ3n) is 6.18. The van der Waals surface area contributed by atoms with Crippen LogP contribution in [0, 0.1) is 0 Å². The molecule has 1 aromatic carbocycles. The number of benzene rings is 1. The van der Waals surface area contributed by atoms with Gasteiger partial charge in [-0.25, -0.2) is 4.79 Å². The summed E-state index contributed by atoms with van der Waals surface area (Å²) in [4.78, 5) is 11.7. The van der Waals surface area contributed by atoms with Gasteiger partial charge in [-0.3, -0.25) is 4.68 Å². The molecule has 6 heteroatoms. The van der Waals surface area contributed by atoms with E-state index >= 15 is 0 Å². The summed E-state index contributed by atoms with van der Waals surface area (Å²) in [5.74, 6) is -0.522. The Labute approximate surface area is 145 Å². The second-order valence-electron chi connectivity index (χ2n) is 8.10. The molecular formula is C19H22N2O4. The fraction of sp³-hybridized carbons (Fsp3) is 0.579. The zero-order chi connectivity index (χ0) is 17.2. The van der Waals surface area contributed by atoms with Crippen LogP contribution in [-0.2, 0) is 10.3 Å². The molecule has 0 spiro atoms. The topological polar surface area (TPSA) is 73.6 Å². The van der Waals surface area contributed by atoms with Gasteiger partial charge in [0.1, 0.15) is 11.3 Å². The van der Waals surface area contributed by atoms with E-state index in [4.69, 9.17) is 14.6 Å². The van der Waals surface area contributed by atoms with E-state index in [0.29, 0.717) is 12.4 Å². The highest BCUT2D eigenvalue weighted by atomic mass is 16.5. The predicted molar refractivity (Wildman–Crippen MR) is 91.1 cm³/mol. The number of aromatic carboxylic acids is 1. The van der Waals surface area contributed by atoms with Crippen molar-refractivity contribution in [1.82, 2.24) is 9.78 Å². The number of fused-ring (bicyclic) bond motifs is 3. The summed E-state index contributed by atoms with van der Waals surface area (Å²) >= 11 is 0. The van der Waals surface area contributed by atoms with Crippen LogP contribution in [0.4, 0.5) is 0 Å². The van der Waals surface area contributed by atoms with Crippen LogP contribution in [0.5, 0.6) is 5.75 Å². The molecule has 2 heterocycles. The Morgan fingerprint density at radius 1 is 1.40 bits per heavy atom. The summed E-state index contributed by atoms with van der Waals surface area (Å²) in [6.45, 7) is 2.84. The molecule has 3 fully saturated rings. The van der Waals surface area contributed by atoms with Crippen molar-refractivity contribution in [3.63, 3.8) is 0 Å². The van der Waals surface area contributed by atoms with Gasteiger partial charge in [0.25, 0.3) is 0 Å². The number of carboxylic acids is 1. The summed E-state index contributed by atoms with van der Waals surface area (Å²) in [5, 5.41) is 15.2. The quantitative estimate of drug-likeness (QED) is 0.922. The van der Waals surface area contributed by atoms with Gasteiger partial charge in [0.05, 0.1) is 29.4 Å². The van der Waals surface area contributed by atoms with E-state index in [1.165, 1.54) is 0 Å². The lowest BCUT2D eigenvalue weighted by molar-refractivity contribution is -0.0149. The van der Waals surface area contributed by atoms with Gasteiger partial charge >= 0.3 is 5.97 Å². The molecule has 1 saturated heterocycles. The first kappa shape index (κ1) is 15.2. The molecule has 6 nitrogen and oxygen atoms in total. The number of carboxylic acid groups (broad SMARTS) is 1. The van der Waals surface area contributed by atoms with Crippen molar-refractivity contribution in [2.24, 2.45) is 0 Å². The lowest BCUT2D eigenvalue weighted by atomic mass is 9.96. The van der Waals surface area contributed by atoms with Gasteiger partial charge in [-0.15, -0.1) is 0 Å². The third-order valence-corrected chi connectivity index (χ3v) is 6.18. The van der Waals surface area contributed by atoms with Gasteiger partial charge in [-0.1, -0.05) is 0 Å². The molecule has 0 radical (unpaired) electrons. The van der Waals surface area contributed by atoms with Crippen molar-refractivity contribution in [3.8, 4) is 5.75 Å². The first-order chi connectivity index (χ1) is 12.0. The number of rotatable bonds is 4. The minimum absolute atomic E-state index is 0.0388. The average Bonchev–Trinajstić information content (AvgIpc) is 3.19. The van der Waals surface area contributed by atoms with Crippen molar-refractivity contribution in [1.29, 1.82) is 0 Å². The largest absolute Gasteiger partial charge is 0.489 e. The van der Waals surface area contributed by atoms with Gasteiger partial charge in [-0.2, -0.15) is 5.10 Å². The van der Waals surface area contributed by atoms with E-state index in [1.807, 2.05) is 10.9 Å². The monoisotopic (exact) mass is 342 g/mol. The fourth-order valence-electron chi connectivity index (χ4n) is 4.41. The van der Waals surface area contributed by atoms with Crippen molar-refractivity contribution in [2.75, 3.05) is 6.61 Å². The average molecular weight is 342 g/mol. The summed E-state index contributed by atoms with van der Waals surface area (Å²) in [5.41, 5.74) is 0.874. The normalized spacial score (nSPS) is 31.4. The van der Waals surface area contributed by atoms with Crippen LogP contribution < -0.4 is 4.74 Å². The van der Waals surface area contributed by atoms with Crippen molar-refractivity contribution in [3.05, 3.63) is 23.9 Å². The maximum Gasteiger partial charge on any atom is 0.339 e. The first-order valence-corrected chi connectivity index (χ1v) is 9.04. The Kier molecular flexibility index (Phi) is 3.02. The van der Waals surface area contributed by atoms with Crippen LogP contribution in [0.15, 0.2) is 18.3 Å². The Morgan fingerprint density at radius 2 is 2.24 bits per heavy atom. The SMILES string of the molecule is CC12CCC(n3cc4cc(C(=O)O)c(OC5CCC5)cc4n3)(CO1)C2. The van der Waals surface area contributed by atoms with Crippen LogP contribution in [0.25, 0.3) is 10.9 Å². The van der Waals surface area contributed by atoms with Crippen LogP contribution in [0.2, 0.25) is 0 Å². The van der Waals surface area contributed by atoms with Gasteiger partial charge in [0.2, 0.25) is 0 Å². The van der Waals surface area contributed by atoms with E-state index in [0.717, 1.165) is 49.4 Å². The lowest BCUT2D eigenvalue weighted by Gasteiger charge is -2.27. The molecule has 2 atom stereocenters. The number of aromatic nitrogens is 2. The van der Waals surface area contributed by atoms with Gasteiger partial charge < -0.3 is 14.6 Å². The zero-order valence-electron chi connectivity index (χ0n) is 14.3. The minimum Gasteiger partial charge on any atom is -0.489 e. The molecule has 2 aliphatic carbocycles. The van der Waals surface area contributed by atoms with E-state index in [9.17, 15) is 9.90 Å². The molecule has 1 aliphatic heterocycles. The number of hydrogen-bond acceptors (Lipinski definition) is 4. The zero-order valence-corrected chi connectivity index (χ0v) is 14.3. The minimum atomic E-state index is -0.959. The number of nitrogens with zero attached hydrogens (tertiary/aromatic N) is 2. The second-order valence-corrected chi connectivity index (χ2v) is 8.10. The molecule has 3 aliphatic rings. The predicted octanol–water partition coefficient (Wildman–Crippen LogP) is 3.33. The molecule has 5 rings (SSSR count). The maximum absolute atomic E-state index is 11.7. The molecule has 2 aromatic rings. The molecule has 2 bridgehead atoms. The Hall–Kier alpha value is -2.08. The molecule has 1 aromatic heterocycles.